The van der Waals surface area contributed by atoms with E-state index >= 15 is 0 Å². The summed E-state index contributed by atoms with van der Waals surface area (Å²) in [6.07, 6.45) is 28.4. The summed E-state index contributed by atoms with van der Waals surface area (Å²) in [6, 6.07) is 0. The van der Waals surface area contributed by atoms with Gasteiger partial charge >= 0.3 is 0 Å². The molecule has 0 bridgehead atoms. The van der Waals surface area contributed by atoms with E-state index in [1.54, 1.807) is 0 Å². The number of nitrogens with zero attached hydrogens (tertiary/aromatic N) is 2. The van der Waals surface area contributed by atoms with Crippen molar-refractivity contribution >= 4 is 0 Å². The molecule has 4 rings (SSSR count). The summed E-state index contributed by atoms with van der Waals surface area (Å²) in [5.41, 5.74) is 1.42. The zero-order chi connectivity index (χ0) is 21.5. The Labute approximate surface area is 192 Å². The molecule has 3 aliphatic carbocycles. The van der Waals surface area contributed by atoms with E-state index in [1.165, 1.54) is 115 Å². The molecule has 174 valence electrons. The van der Waals surface area contributed by atoms with Gasteiger partial charge in [0.05, 0.1) is 0 Å². The molecule has 0 aliphatic heterocycles. The van der Waals surface area contributed by atoms with E-state index in [0.29, 0.717) is 11.8 Å². The van der Waals surface area contributed by atoms with Crippen LogP contribution in [0, 0.1) is 23.7 Å². The molecule has 31 heavy (non-hydrogen) atoms. The summed E-state index contributed by atoms with van der Waals surface area (Å²) < 4.78 is 0. The molecule has 3 fully saturated rings. The second-order valence-corrected chi connectivity index (χ2v) is 11.4. The smallest absolute Gasteiger partial charge is 0.131 e. The highest BCUT2D eigenvalue weighted by molar-refractivity contribution is 5.14. The van der Waals surface area contributed by atoms with Crippen molar-refractivity contribution in [1.29, 1.82) is 0 Å². The lowest BCUT2D eigenvalue weighted by molar-refractivity contribution is 0.158. The summed E-state index contributed by atoms with van der Waals surface area (Å²) >= 11 is 0. The predicted molar refractivity (Wildman–Crippen MR) is 131 cm³/mol. The first-order valence-electron chi connectivity index (χ1n) is 14.1. The minimum atomic E-state index is 0.616. The molecule has 1 aromatic heterocycles. The van der Waals surface area contributed by atoms with E-state index in [4.69, 9.17) is 9.97 Å². The third kappa shape index (κ3) is 6.32. The number of aromatic nitrogens is 2. The predicted octanol–water partition coefficient (Wildman–Crippen LogP) is 8.82. The third-order valence-electron chi connectivity index (χ3n) is 9.50. The SMILES string of the molecule is CCCCC[C@H]1CC[C@H](c2ncc([C@H]3CC[C@H]([C@H]4CC[C@H](CC)CC4)CC3)cn2)CC1. The van der Waals surface area contributed by atoms with Crippen molar-refractivity contribution in [3.8, 4) is 0 Å². The normalized spacial score (nSPS) is 34.5. The molecule has 3 aliphatic rings. The van der Waals surface area contributed by atoms with E-state index in [9.17, 15) is 0 Å². The Hall–Kier alpha value is -0.920. The van der Waals surface area contributed by atoms with Gasteiger partial charge in [0.25, 0.3) is 0 Å². The number of unbranched alkanes of at least 4 members (excludes halogenated alkanes) is 2. The summed E-state index contributed by atoms with van der Waals surface area (Å²) in [5.74, 6) is 6.49. The minimum Gasteiger partial charge on any atom is -0.241 e. The van der Waals surface area contributed by atoms with Gasteiger partial charge in [-0.05, 0) is 99.4 Å². The quantitative estimate of drug-likeness (QED) is 0.389. The molecule has 0 radical (unpaired) electrons. The standard InChI is InChI=1S/C29H48N2/c1-3-5-6-7-23-10-14-27(15-11-23)29-30-20-28(21-31-29)26-18-16-25(17-19-26)24-12-8-22(4-2)9-13-24/h20-27H,3-19H2,1-2H3/t22-,23-,24-,25-,26-,27-. The summed E-state index contributed by atoms with van der Waals surface area (Å²) in [7, 11) is 0. The molecule has 1 aromatic rings. The van der Waals surface area contributed by atoms with Gasteiger partial charge in [-0.2, -0.15) is 0 Å². The van der Waals surface area contributed by atoms with Gasteiger partial charge in [0, 0.05) is 18.3 Å². The lowest BCUT2D eigenvalue weighted by Crippen LogP contribution is -2.25. The largest absolute Gasteiger partial charge is 0.241 e. The van der Waals surface area contributed by atoms with Gasteiger partial charge in [-0.25, -0.2) is 9.97 Å². The van der Waals surface area contributed by atoms with Crippen LogP contribution in [0.2, 0.25) is 0 Å². The Bertz CT molecular complexity index is 615. The fourth-order valence-corrected chi connectivity index (χ4v) is 7.15. The van der Waals surface area contributed by atoms with Crippen LogP contribution in [-0.2, 0) is 0 Å². The Morgan fingerprint density at radius 1 is 0.645 bits per heavy atom. The first-order valence-corrected chi connectivity index (χ1v) is 14.1. The summed E-state index contributed by atoms with van der Waals surface area (Å²) in [5, 5.41) is 0. The van der Waals surface area contributed by atoms with Crippen LogP contribution in [0.3, 0.4) is 0 Å². The maximum absolute atomic E-state index is 4.89. The molecule has 0 spiro atoms. The fraction of sp³-hybridized carbons (Fsp3) is 0.862. The van der Waals surface area contributed by atoms with Crippen LogP contribution in [0.5, 0.6) is 0 Å². The van der Waals surface area contributed by atoms with Gasteiger partial charge in [-0.15, -0.1) is 0 Å². The van der Waals surface area contributed by atoms with Crippen LogP contribution in [0.4, 0.5) is 0 Å². The lowest BCUT2D eigenvalue weighted by atomic mass is 9.68. The van der Waals surface area contributed by atoms with Crippen LogP contribution in [-0.4, -0.2) is 9.97 Å². The fourth-order valence-electron chi connectivity index (χ4n) is 7.15. The van der Waals surface area contributed by atoms with Crippen LogP contribution in [0.25, 0.3) is 0 Å². The Kier molecular flexibility index (Phi) is 8.85. The van der Waals surface area contributed by atoms with E-state index in [0.717, 1.165) is 29.5 Å². The van der Waals surface area contributed by atoms with Crippen LogP contribution >= 0.6 is 0 Å². The molecule has 2 heteroatoms. The summed E-state index contributed by atoms with van der Waals surface area (Å²) in [6.45, 7) is 4.69. The first kappa shape index (κ1) is 23.2. The van der Waals surface area contributed by atoms with Gasteiger partial charge in [0.2, 0.25) is 0 Å². The van der Waals surface area contributed by atoms with Gasteiger partial charge in [0.15, 0.2) is 0 Å². The van der Waals surface area contributed by atoms with E-state index in [2.05, 4.69) is 26.2 Å². The van der Waals surface area contributed by atoms with Gasteiger partial charge < -0.3 is 0 Å². The molecule has 0 atom stereocenters. The van der Waals surface area contributed by atoms with Gasteiger partial charge in [-0.1, -0.05) is 58.8 Å². The first-order chi connectivity index (χ1) is 15.3. The highest BCUT2D eigenvalue weighted by Crippen LogP contribution is 2.44. The molecule has 2 nitrogen and oxygen atoms in total. The maximum Gasteiger partial charge on any atom is 0.131 e. The minimum absolute atomic E-state index is 0.616. The molecule has 0 N–H and O–H groups in total. The number of rotatable bonds is 8. The van der Waals surface area contributed by atoms with Crippen molar-refractivity contribution in [3.63, 3.8) is 0 Å². The van der Waals surface area contributed by atoms with E-state index in [1.807, 2.05) is 0 Å². The van der Waals surface area contributed by atoms with Crippen molar-refractivity contribution in [2.45, 2.75) is 135 Å². The van der Waals surface area contributed by atoms with Gasteiger partial charge in [0.1, 0.15) is 5.82 Å². The van der Waals surface area contributed by atoms with Crippen LogP contribution in [0.1, 0.15) is 146 Å². The third-order valence-corrected chi connectivity index (χ3v) is 9.50. The zero-order valence-electron chi connectivity index (χ0n) is 20.5. The zero-order valence-corrected chi connectivity index (χ0v) is 20.5. The highest BCUT2D eigenvalue weighted by Gasteiger charge is 2.31. The van der Waals surface area contributed by atoms with Crippen molar-refractivity contribution in [1.82, 2.24) is 9.97 Å². The molecule has 3 saturated carbocycles. The van der Waals surface area contributed by atoms with Crippen molar-refractivity contribution in [3.05, 3.63) is 23.8 Å². The number of hydrogen-bond donors (Lipinski definition) is 0. The van der Waals surface area contributed by atoms with Crippen molar-refractivity contribution in [2.24, 2.45) is 23.7 Å². The second-order valence-electron chi connectivity index (χ2n) is 11.4. The Morgan fingerprint density at radius 3 is 1.77 bits per heavy atom. The molecule has 0 saturated heterocycles. The number of hydrogen-bond acceptors (Lipinski definition) is 2. The Morgan fingerprint density at radius 2 is 1.19 bits per heavy atom. The molecule has 1 heterocycles. The van der Waals surface area contributed by atoms with Crippen molar-refractivity contribution in [2.75, 3.05) is 0 Å². The van der Waals surface area contributed by atoms with Crippen LogP contribution < -0.4 is 0 Å². The average Bonchev–Trinajstić information content (AvgIpc) is 2.85. The van der Waals surface area contributed by atoms with E-state index < -0.39 is 0 Å². The molecule has 0 unspecified atom stereocenters. The Balaban J connectivity index is 1.21. The topological polar surface area (TPSA) is 25.8 Å². The molecule has 0 amide bonds. The lowest BCUT2D eigenvalue weighted by Gasteiger charge is -2.37. The van der Waals surface area contributed by atoms with E-state index in [-0.39, 0.29) is 0 Å². The average molecular weight is 425 g/mol. The molecule has 0 aromatic carbocycles. The summed E-state index contributed by atoms with van der Waals surface area (Å²) in [4.78, 5) is 9.79. The van der Waals surface area contributed by atoms with Gasteiger partial charge in [-0.3, -0.25) is 0 Å². The molecular formula is C29H48N2. The maximum atomic E-state index is 4.89. The highest BCUT2D eigenvalue weighted by atomic mass is 14.9. The van der Waals surface area contributed by atoms with Crippen molar-refractivity contribution < 1.29 is 0 Å². The molecular weight excluding hydrogens is 376 g/mol. The van der Waals surface area contributed by atoms with Crippen LogP contribution in [0.15, 0.2) is 12.4 Å². The monoisotopic (exact) mass is 424 g/mol. The second kappa shape index (κ2) is 11.8.